The first kappa shape index (κ1) is 12.8. The number of hydrogen-bond donors (Lipinski definition) is 3. The van der Waals surface area contributed by atoms with Crippen LogP contribution in [-0.4, -0.2) is 36.2 Å². The van der Waals surface area contributed by atoms with Gasteiger partial charge in [0.2, 0.25) is 0 Å². The second-order valence-corrected chi connectivity index (χ2v) is 5.40. The van der Waals surface area contributed by atoms with Gasteiger partial charge in [0.25, 0.3) is 0 Å². The van der Waals surface area contributed by atoms with E-state index in [1.807, 2.05) is 0 Å². The zero-order valence-electron chi connectivity index (χ0n) is 10.5. The molecule has 0 radical (unpaired) electrons. The lowest BCUT2D eigenvalue weighted by Crippen LogP contribution is -2.51. The minimum absolute atomic E-state index is 0.321. The van der Waals surface area contributed by atoms with Crippen LogP contribution >= 0.6 is 0 Å². The summed E-state index contributed by atoms with van der Waals surface area (Å²) in [6.07, 6.45) is 7.93. The molecule has 2 rings (SSSR count). The van der Waals surface area contributed by atoms with Crippen molar-refractivity contribution in [3.63, 3.8) is 0 Å². The van der Waals surface area contributed by atoms with Crippen LogP contribution in [0.4, 0.5) is 0 Å². The van der Waals surface area contributed by atoms with Gasteiger partial charge in [-0.25, -0.2) is 0 Å². The fourth-order valence-corrected chi connectivity index (χ4v) is 3.12. The summed E-state index contributed by atoms with van der Waals surface area (Å²) >= 11 is 0. The van der Waals surface area contributed by atoms with Crippen molar-refractivity contribution < 1.29 is 9.90 Å². The molecule has 1 unspecified atom stereocenters. The molecule has 1 aliphatic heterocycles. The van der Waals surface area contributed by atoms with E-state index in [0.717, 1.165) is 38.8 Å². The molecule has 3 N–H and O–H groups in total. The molecular weight excluding hydrogens is 216 g/mol. The van der Waals surface area contributed by atoms with Gasteiger partial charge in [0.1, 0.15) is 6.04 Å². The second-order valence-electron chi connectivity index (χ2n) is 5.40. The highest BCUT2D eigenvalue weighted by Gasteiger charge is 2.31. The van der Waals surface area contributed by atoms with Gasteiger partial charge in [-0.05, 0) is 44.7 Å². The normalized spacial score (nSPS) is 25.6. The average Bonchev–Trinajstić information content (AvgIpc) is 2.38. The minimum atomic E-state index is -0.657. The van der Waals surface area contributed by atoms with Crippen LogP contribution in [0.25, 0.3) is 0 Å². The van der Waals surface area contributed by atoms with Gasteiger partial charge in [0.05, 0.1) is 0 Å². The highest BCUT2D eigenvalue weighted by molar-refractivity contribution is 5.74. The van der Waals surface area contributed by atoms with Crippen molar-refractivity contribution in [1.29, 1.82) is 0 Å². The van der Waals surface area contributed by atoms with E-state index >= 15 is 0 Å². The number of carboxylic acid groups (broad SMARTS) is 1. The smallest absolute Gasteiger partial charge is 0.320 e. The van der Waals surface area contributed by atoms with Gasteiger partial charge in [0.15, 0.2) is 0 Å². The Bertz CT molecular complexity index is 246. The molecule has 1 atom stereocenters. The number of carboxylic acids is 1. The van der Waals surface area contributed by atoms with Gasteiger partial charge in [-0.3, -0.25) is 4.79 Å². The third-order valence-corrected chi connectivity index (χ3v) is 4.14. The lowest BCUT2D eigenvalue weighted by molar-refractivity contribution is -0.141. The van der Waals surface area contributed by atoms with Gasteiger partial charge in [-0.1, -0.05) is 19.3 Å². The van der Waals surface area contributed by atoms with Crippen molar-refractivity contribution >= 4 is 5.97 Å². The number of rotatable bonds is 4. The maximum absolute atomic E-state index is 11.4. The summed E-state index contributed by atoms with van der Waals surface area (Å²) in [5.41, 5.74) is 0. The Labute approximate surface area is 103 Å². The van der Waals surface area contributed by atoms with Crippen molar-refractivity contribution in [3.8, 4) is 0 Å². The third kappa shape index (κ3) is 3.68. The highest BCUT2D eigenvalue weighted by atomic mass is 16.4. The largest absolute Gasteiger partial charge is 0.480 e. The number of hydrogen-bond acceptors (Lipinski definition) is 3. The van der Waals surface area contributed by atoms with Crippen LogP contribution < -0.4 is 10.6 Å². The van der Waals surface area contributed by atoms with Crippen molar-refractivity contribution in [1.82, 2.24) is 10.6 Å². The molecule has 0 aromatic heterocycles. The lowest BCUT2D eigenvalue weighted by Gasteiger charge is -2.33. The molecule has 1 heterocycles. The van der Waals surface area contributed by atoms with Crippen LogP contribution in [0.3, 0.4) is 0 Å². The Morgan fingerprint density at radius 2 is 1.76 bits per heavy atom. The van der Waals surface area contributed by atoms with Crippen LogP contribution in [0.15, 0.2) is 0 Å². The molecule has 0 spiro atoms. The molecule has 4 heteroatoms. The summed E-state index contributed by atoms with van der Waals surface area (Å²) < 4.78 is 0. The predicted molar refractivity (Wildman–Crippen MR) is 67.0 cm³/mol. The molecule has 1 saturated carbocycles. The lowest BCUT2D eigenvalue weighted by atomic mass is 9.83. The summed E-state index contributed by atoms with van der Waals surface area (Å²) in [6, 6.07) is 0.0673. The van der Waals surface area contributed by atoms with E-state index in [2.05, 4.69) is 10.6 Å². The van der Waals surface area contributed by atoms with E-state index in [0.29, 0.717) is 12.0 Å². The Morgan fingerprint density at radius 3 is 2.35 bits per heavy atom. The molecule has 0 bridgehead atoms. The SMILES string of the molecule is O=C(O)C(NC1CCNCC1)C1CCCCC1. The molecule has 2 aliphatic rings. The molecule has 1 saturated heterocycles. The van der Waals surface area contributed by atoms with E-state index in [9.17, 15) is 9.90 Å². The molecule has 0 aromatic rings. The second kappa shape index (κ2) is 6.36. The zero-order chi connectivity index (χ0) is 12.1. The first-order valence-corrected chi connectivity index (χ1v) is 6.97. The van der Waals surface area contributed by atoms with Crippen LogP contribution in [0, 0.1) is 5.92 Å². The maximum atomic E-state index is 11.4. The van der Waals surface area contributed by atoms with E-state index < -0.39 is 5.97 Å². The van der Waals surface area contributed by atoms with Crippen molar-refractivity contribution in [2.24, 2.45) is 5.92 Å². The number of aliphatic carboxylic acids is 1. The predicted octanol–water partition coefficient (Wildman–Crippen LogP) is 1.36. The van der Waals surface area contributed by atoms with Gasteiger partial charge >= 0.3 is 5.97 Å². The van der Waals surface area contributed by atoms with E-state index in [4.69, 9.17) is 0 Å². The van der Waals surface area contributed by atoms with Gasteiger partial charge < -0.3 is 15.7 Å². The third-order valence-electron chi connectivity index (χ3n) is 4.14. The molecule has 98 valence electrons. The van der Waals surface area contributed by atoms with Crippen LogP contribution in [-0.2, 0) is 4.79 Å². The molecule has 2 fully saturated rings. The average molecular weight is 240 g/mol. The van der Waals surface area contributed by atoms with Crippen LogP contribution in [0.1, 0.15) is 44.9 Å². The van der Waals surface area contributed by atoms with E-state index in [1.165, 1.54) is 19.3 Å². The van der Waals surface area contributed by atoms with Gasteiger partial charge in [0, 0.05) is 6.04 Å². The zero-order valence-corrected chi connectivity index (χ0v) is 10.5. The Morgan fingerprint density at radius 1 is 1.12 bits per heavy atom. The first-order chi connectivity index (χ1) is 8.27. The monoisotopic (exact) mass is 240 g/mol. The Kier molecular flexibility index (Phi) is 4.80. The molecule has 1 aliphatic carbocycles. The number of carbonyl (C=O) groups is 1. The number of piperidine rings is 1. The summed E-state index contributed by atoms with van der Waals surface area (Å²) in [6.45, 7) is 2.02. The molecule has 0 aromatic carbocycles. The first-order valence-electron chi connectivity index (χ1n) is 6.97. The molecule has 4 nitrogen and oxygen atoms in total. The molecular formula is C13H24N2O2. The minimum Gasteiger partial charge on any atom is -0.480 e. The summed E-state index contributed by atoms with van der Waals surface area (Å²) in [7, 11) is 0. The quantitative estimate of drug-likeness (QED) is 0.694. The van der Waals surface area contributed by atoms with E-state index in [1.54, 1.807) is 0 Å². The summed E-state index contributed by atoms with van der Waals surface area (Å²) in [5, 5.41) is 16.1. The molecule has 17 heavy (non-hydrogen) atoms. The van der Waals surface area contributed by atoms with Crippen molar-refractivity contribution in [2.45, 2.75) is 57.0 Å². The maximum Gasteiger partial charge on any atom is 0.320 e. The van der Waals surface area contributed by atoms with Crippen molar-refractivity contribution in [3.05, 3.63) is 0 Å². The van der Waals surface area contributed by atoms with Crippen LogP contribution in [0.5, 0.6) is 0 Å². The standard InChI is InChI=1S/C13H24N2O2/c16-13(17)12(10-4-2-1-3-5-10)15-11-6-8-14-9-7-11/h10-12,14-15H,1-9H2,(H,16,17). The van der Waals surface area contributed by atoms with Gasteiger partial charge in [-0.15, -0.1) is 0 Å². The Hall–Kier alpha value is -0.610. The number of nitrogens with one attached hydrogen (secondary N) is 2. The summed E-state index contributed by atoms with van der Waals surface area (Å²) in [4.78, 5) is 11.4. The van der Waals surface area contributed by atoms with E-state index in [-0.39, 0.29) is 6.04 Å². The summed E-state index contributed by atoms with van der Waals surface area (Å²) in [5.74, 6) is -0.313. The fraction of sp³-hybridized carbons (Fsp3) is 0.923. The fourth-order valence-electron chi connectivity index (χ4n) is 3.12. The molecule has 0 amide bonds. The van der Waals surface area contributed by atoms with Gasteiger partial charge in [-0.2, -0.15) is 0 Å². The van der Waals surface area contributed by atoms with Crippen molar-refractivity contribution in [2.75, 3.05) is 13.1 Å². The highest BCUT2D eigenvalue weighted by Crippen LogP contribution is 2.27. The topological polar surface area (TPSA) is 61.4 Å². The van der Waals surface area contributed by atoms with Crippen LogP contribution in [0.2, 0.25) is 0 Å². The Balaban J connectivity index is 1.88.